The second-order valence-corrected chi connectivity index (χ2v) is 4.20. The quantitative estimate of drug-likeness (QED) is 0.768. The number of nitrogens with two attached hydrogens (primary N) is 1. The van der Waals surface area contributed by atoms with Crippen molar-refractivity contribution < 1.29 is 5.11 Å². The number of pyridine rings is 1. The van der Waals surface area contributed by atoms with Gasteiger partial charge in [-0.3, -0.25) is 0 Å². The molecule has 0 amide bonds. The van der Waals surface area contributed by atoms with Crippen LogP contribution in [0.1, 0.15) is 16.8 Å². The number of nitrogens with zero attached hydrogens (tertiary/aromatic N) is 1. The van der Waals surface area contributed by atoms with E-state index in [0.717, 1.165) is 22.6 Å². The van der Waals surface area contributed by atoms with Crippen LogP contribution in [0, 0.1) is 6.92 Å². The van der Waals surface area contributed by atoms with E-state index < -0.39 is 0 Å². The molecule has 0 fully saturated rings. The maximum Gasteiger partial charge on any atom is 0.126 e. The Balaban J connectivity index is 1.99. The van der Waals surface area contributed by atoms with Gasteiger partial charge in [-0.15, -0.1) is 0 Å². The van der Waals surface area contributed by atoms with E-state index in [2.05, 4.69) is 10.3 Å². The van der Waals surface area contributed by atoms with E-state index in [1.807, 2.05) is 43.3 Å². The summed E-state index contributed by atoms with van der Waals surface area (Å²) in [5.74, 6) is 0.813. The van der Waals surface area contributed by atoms with Gasteiger partial charge in [0.15, 0.2) is 0 Å². The molecule has 0 bridgehead atoms. The lowest BCUT2D eigenvalue weighted by Crippen LogP contribution is -2.03. The topological polar surface area (TPSA) is 71.2 Å². The minimum atomic E-state index is 0.0758. The van der Waals surface area contributed by atoms with Gasteiger partial charge in [0, 0.05) is 6.54 Å². The van der Waals surface area contributed by atoms with Crippen LogP contribution in [0.15, 0.2) is 36.4 Å². The Morgan fingerprint density at radius 3 is 2.39 bits per heavy atom. The Hall–Kier alpha value is -2.07. The molecule has 18 heavy (non-hydrogen) atoms. The average Bonchev–Trinajstić information content (AvgIpc) is 2.41. The van der Waals surface area contributed by atoms with Crippen LogP contribution in [-0.4, -0.2) is 10.1 Å². The average molecular weight is 243 g/mol. The fraction of sp³-hybridized carbons (Fsp3) is 0.214. The van der Waals surface area contributed by atoms with E-state index in [0.29, 0.717) is 12.2 Å². The molecule has 0 aliphatic carbocycles. The van der Waals surface area contributed by atoms with Crippen LogP contribution in [0.5, 0.6) is 0 Å². The lowest BCUT2D eigenvalue weighted by Gasteiger charge is -2.08. The molecule has 0 aliphatic heterocycles. The highest BCUT2D eigenvalue weighted by Gasteiger charge is 1.99. The van der Waals surface area contributed by atoms with E-state index in [-0.39, 0.29) is 6.61 Å². The Bertz CT molecular complexity index is 523. The molecule has 0 saturated carbocycles. The van der Waals surface area contributed by atoms with E-state index in [4.69, 9.17) is 10.8 Å². The van der Waals surface area contributed by atoms with Gasteiger partial charge in [-0.1, -0.05) is 24.3 Å². The number of benzene rings is 1. The van der Waals surface area contributed by atoms with Crippen LogP contribution in [0.4, 0.5) is 11.5 Å². The largest absolute Gasteiger partial charge is 0.397 e. The lowest BCUT2D eigenvalue weighted by atomic mass is 10.1. The predicted octanol–water partition coefficient (Wildman–Crippen LogP) is 2.08. The van der Waals surface area contributed by atoms with Gasteiger partial charge in [-0.25, -0.2) is 4.98 Å². The lowest BCUT2D eigenvalue weighted by molar-refractivity contribution is 0.282. The molecule has 1 heterocycles. The monoisotopic (exact) mass is 243 g/mol. The normalized spacial score (nSPS) is 10.3. The Morgan fingerprint density at radius 1 is 1.11 bits per heavy atom. The van der Waals surface area contributed by atoms with Gasteiger partial charge in [0.25, 0.3) is 0 Å². The van der Waals surface area contributed by atoms with Crippen LogP contribution < -0.4 is 11.1 Å². The second kappa shape index (κ2) is 5.51. The summed E-state index contributed by atoms with van der Waals surface area (Å²) < 4.78 is 0. The van der Waals surface area contributed by atoms with Gasteiger partial charge in [0.1, 0.15) is 5.82 Å². The summed E-state index contributed by atoms with van der Waals surface area (Å²) in [6, 6.07) is 11.5. The van der Waals surface area contributed by atoms with Gasteiger partial charge >= 0.3 is 0 Å². The Labute approximate surface area is 106 Å². The molecule has 0 unspecified atom stereocenters. The number of anilines is 2. The van der Waals surface area contributed by atoms with Crippen molar-refractivity contribution in [3.8, 4) is 0 Å². The van der Waals surface area contributed by atoms with Gasteiger partial charge < -0.3 is 16.2 Å². The van der Waals surface area contributed by atoms with Crippen LogP contribution >= 0.6 is 0 Å². The molecule has 1 aromatic carbocycles. The molecular formula is C14H17N3O. The zero-order chi connectivity index (χ0) is 13.0. The molecule has 2 aromatic rings. The van der Waals surface area contributed by atoms with Gasteiger partial charge in [-0.05, 0) is 30.2 Å². The summed E-state index contributed by atoms with van der Waals surface area (Å²) >= 11 is 0. The van der Waals surface area contributed by atoms with Crippen molar-refractivity contribution in [3.05, 3.63) is 53.2 Å². The van der Waals surface area contributed by atoms with Gasteiger partial charge in [0.2, 0.25) is 0 Å². The fourth-order valence-electron chi connectivity index (χ4n) is 1.63. The van der Waals surface area contributed by atoms with Crippen molar-refractivity contribution in [1.29, 1.82) is 0 Å². The van der Waals surface area contributed by atoms with Crippen LogP contribution in [-0.2, 0) is 13.2 Å². The van der Waals surface area contributed by atoms with E-state index in [9.17, 15) is 0 Å². The van der Waals surface area contributed by atoms with Crippen LogP contribution in [0.3, 0.4) is 0 Å². The molecule has 2 rings (SSSR count). The number of aryl methyl sites for hydroxylation is 1. The first-order chi connectivity index (χ1) is 8.69. The predicted molar refractivity (Wildman–Crippen MR) is 73.1 cm³/mol. The molecule has 4 heteroatoms. The second-order valence-electron chi connectivity index (χ2n) is 4.20. The fourth-order valence-corrected chi connectivity index (χ4v) is 1.63. The number of hydrogen-bond acceptors (Lipinski definition) is 4. The van der Waals surface area contributed by atoms with Crippen LogP contribution in [0.25, 0.3) is 0 Å². The summed E-state index contributed by atoms with van der Waals surface area (Å²) in [7, 11) is 0. The minimum absolute atomic E-state index is 0.0758. The number of nitrogens with one attached hydrogen (secondary N) is 1. The smallest absolute Gasteiger partial charge is 0.126 e. The zero-order valence-electron chi connectivity index (χ0n) is 10.4. The minimum Gasteiger partial charge on any atom is -0.397 e. The first-order valence-electron chi connectivity index (χ1n) is 5.84. The maximum absolute atomic E-state index is 8.96. The summed E-state index contributed by atoms with van der Waals surface area (Å²) in [5.41, 5.74) is 9.30. The third kappa shape index (κ3) is 2.99. The number of hydrogen-bond donors (Lipinski definition) is 3. The number of nitrogen functional groups attached to an aromatic ring is 1. The van der Waals surface area contributed by atoms with Gasteiger partial charge in [-0.2, -0.15) is 0 Å². The van der Waals surface area contributed by atoms with Crippen molar-refractivity contribution >= 4 is 11.5 Å². The molecule has 4 nitrogen and oxygen atoms in total. The number of aromatic nitrogens is 1. The van der Waals surface area contributed by atoms with Gasteiger partial charge in [0.05, 0.1) is 18.0 Å². The standard InChI is InChI=1S/C14H17N3O/c1-10-13(15)6-7-14(17-10)16-8-11-2-4-12(9-18)5-3-11/h2-7,18H,8-9,15H2,1H3,(H,16,17). The highest BCUT2D eigenvalue weighted by Crippen LogP contribution is 2.13. The highest BCUT2D eigenvalue weighted by atomic mass is 16.3. The van der Waals surface area contributed by atoms with Crippen molar-refractivity contribution in [3.63, 3.8) is 0 Å². The third-order valence-corrected chi connectivity index (χ3v) is 2.81. The number of aliphatic hydroxyl groups is 1. The summed E-state index contributed by atoms with van der Waals surface area (Å²) in [5, 5.41) is 12.2. The molecular weight excluding hydrogens is 226 g/mol. The molecule has 0 spiro atoms. The Kier molecular flexibility index (Phi) is 3.79. The molecule has 1 aromatic heterocycles. The molecule has 0 atom stereocenters. The summed E-state index contributed by atoms with van der Waals surface area (Å²) in [6.07, 6.45) is 0. The first-order valence-corrected chi connectivity index (χ1v) is 5.84. The maximum atomic E-state index is 8.96. The zero-order valence-corrected chi connectivity index (χ0v) is 10.4. The van der Waals surface area contributed by atoms with E-state index >= 15 is 0 Å². The summed E-state index contributed by atoms with van der Waals surface area (Å²) in [4.78, 5) is 4.35. The molecule has 0 radical (unpaired) electrons. The van der Waals surface area contributed by atoms with Crippen molar-refractivity contribution in [2.45, 2.75) is 20.1 Å². The van der Waals surface area contributed by atoms with E-state index in [1.54, 1.807) is 0 Å². The Morgan fingerprint density at radius 2 is 1.78 bits per heavy atom. The molecule has 0 saturated heterocycles. The number of aliphatic hydroxyl groups excluding tert-OH is 1. The molecule has 4 N–H and O–H groups in total. The molecule has 94 valence electrons. The van der Waals surface area contributed by atoms with Crippen LogP contribution in [0.2, 0.25) is 0 Å². The van der Waals surface area contributed by atoms with E-state index in [1.165, 1.54) is 0 Å². The summed E-state index contributed by atoms with van der Waals surface area (Å²) in [6.45, 7) is 2.66. The third-order valence-electron chi connectivity index (χ3n) is 2.81. The SMILES string of the molecule is Cc1nc(NCc2ccc(CO)cc2)ccc1N. The van der Waals surface area contributed by atoms with Crippen molar-refractivity contribution in [1.82, 2.24) is 4.98 Å². The number of rotatable bonds is 4. The highest BCUT2D eigenvalue weighted by molar-refractivity contribution is 5.49. The first kappa shape index (κ1) is 12.4. The van der Waals surface area contributed by atoms with Crippen molar-refractivity contribution in [2.75, 3.05) is 11.1 Å². The van der Waals surface area contributed by atoms with Crippen molar-refractivity contribution in [2.24, 2.45) is 0 Å². The molecule has 0 aliphatic rings.